The molecule has 2 amide bonds. The van der Waals surface area contributed by atoms with Gasteiger partial charge in [0, 0.05) is 13.1 Å². The fourth-order valence-electron chi connectivity index (χ4n) is 2.76. The summed E-state index contributed by atoms with van der Waals surface area (Å²) in [6.45, 7) is 1.69. The number of carbonyl (C=O) groups excluding carboxylic acids is 2. The van der Waals surface area contributed by atoms with E-state index in [1.807, 2.05) is 30.3 Å². The molecule has 0 saturated carbocycles. The fraction of sp³-hybridized carbons (Fsp3) is 0.500. The summed E-state index contributed by atoms with van der Waals surface area (Å²) in [5.41, 5.74) is 3.37. The van der Waals surface area contributed by atoms with Crippen LogP contribution in [0, 0.1) is 0 Å². The molecule has 0 aromatic heterocycles. The number of amides is 2. The molecule has 1 aliphatic heterocycles. The molecule has 1 fully saturated rings. The van der Waals surface area contributed by atoms with Gasteiger partial charge in [-0.1, -0.05) is 36.8 Å². The second-order valence-electron chi connectivity index (χ2n) is 5.32. The highest BCUT2D eigenvalue weighted by atomic mass is 16.6. The minimum atomic E-state index is -0.714. The Bertz CT molecular complexity index is 517. The van der Waals surface area contributed by atoms with Crippen molar-refractivity contribution in [2.45, 2.75) is 25.4 Å². The van der Waals surface area contributed by atoms with Gasteiger partial charge in [0.1, 0.15) is 6.17 Å². The molecule has 0 aliphatic carbocycles. The molecule has 0 radical (unpaired) electrons. The van der Waals surface area contributed by atoms with Crippen molar-refractivity contribution in [3.8, 4) is 0 Å². The number of piperidine rings is 1. The van der Waals surface area contributed by atoms with Gasteiger partial charge in [-0.3, -0.25) is 4.90 Å². The van der Waals surface area contributed by atoms with E-state index in [1.165, 1.54) is 25.6 Å². The minimum absolute atomic E-state index is 0.442. The smallest absolute Gasteiger partial charge is 0.430 e. The third-order valence-corrected chi connectivity index (χ3v) is 3.85. The summed E-state index contributed by atoms with van der Waals surface area (Å²) in [5, 5.41) is 1.19. The number of hydrogen-bond donors (Lipinski definition) is 1. The minimum Gasteiger partial charge on any atom is -0.452 e. The predicted molar refractivity (Wildman–Crippen MR) is 84.4 cm³/mol. The van der Waals surface area contributed by atoms with Crippen molar-refractivity contribution in [3.05, 3.63) is 35.9 Å². The largest absolute Gasteiger partial charge is 0.452 e. The van der Waals surface area contributed by atoms with Gasteiger partial charge < -0.3 is 9.47 Å². The van der Waals surface area contributed by atoms with Gasteiger partial charge in [-0.15, -0.1) is 0 Å². The third kappa shape index (κ3) is 4.35. The Kier molecular flexibility index (Phi) is 6.22. The summed E-state index contributed by atoms with van der Waals surface area (Å²) in [6.07, 6.45) is 1.47. The van der Waals surface area contributed by atoms with Gasteiger partial charge in [-0.2, -0.15) is 5.01 Å². The van der Waals surface area contributed by atoms with Crippen molar-refractivity contribution in [1.29, 1.82) is 0 Å². The van der Waals surface area contributed by atoms with Gasteiger partial charge in [0.25, 0.3) is 0 Å². The Labute approximate surface area is 136 Å². The molecule has 7 heteroatoms. The molecule has 7 nitrogen and oxygen atoms in total. The summed E-state index contributed by atoms with van der Waals surface area (Å²) < 4.78 is 9.47. The molecule has 1 aromatic rings. The summed E-state index contributed by atoms with van der Waals surface area (Å²) in [5.74, 6) is 0. The first-order chi connectivity index (χ1) is 11.2. The number of methoxy groups -OCH3 is 2. The number of likely N-dealkylation sites (tertiary alicyclic amines) is 1. The predicted octanol–water partition coefficient (Wildman–Crippen LogP) is 2.51. The number of nitrogens with zero attached hydrogens (tertiary/aromatic N) is 2. The lowest BCUT2D eigenvalue weighted by molar-refractivity contribution is -0.00292. The van der Waals surface area contributed by atoms with Crippen molar-refractivity contribution in [2.75, 3.05) is 27.3 Å². The lowest BCUT2D eigenvalue weighted by atomic mass is 10.1. The molecule has 126 valence electrons. The van der Waals surface area contributed by atoms with E-state index >= 15 is 0 Å². The zero-order chi connectivity index (χ0) is 16.7. The highest BCUT2D eigenvalue weighted by Crippen LogP contribution is 2.27. The van der Waals surface area contributed by atoms with Crippen LogP contribution in [0.25, 0.3) is 0 Å². The molecule has 1 N–H and O–H groups in total. The van der Waals surface area contributed by atoms with Crippen molar-refractivity contribution < 1.29 is 19.1 Å². The maximum atomic E-state index is 12.2. The monoisotopic (exact) mass is 321 g/mol. The van der Waals surface area contributed by atoms with Gasteiger partial charge in [0.15, 0.2) is 0 Å². The maximum Gasteiger partial charge on any atom is 0.430 e. The topological polar surface area (TPSA) is 71.1 Å². The summed E-state index contributed by atoms with van der Waals surface area (Å²) in [7, 11) is 2.54. The lowest BCUT2D eigenvalue weighted by Gasteiger charge is -2.40. The Morgan fingerprint density at radius 2 is 1.74 bits per heavy atom. The molecular weight excluding hydrogens is 298 g/mol. The average molecular weight is 321 g/mol. The van der Waals surface area contributed by atoms with Crippen LogP contribution in [0.1, 0.15) is 31.0 Å². The van der Waals surface area contributed by atoms with E-state index in [2.05, 4.69) is 15.1 Å². The second kappa shape index (κ2) is 8.38. The normalized spacial score (nSPS) is 16.3. The lowest BCUT2D eigenvalue weighted by Crippen LogP contribution is -2.54. The van der Waals surface area contributed by atoms with E-state index in [1.54, 1.807) is 0 Å². The van der Waals surface area contributed by atoms with Crippen LogP contribution in [-0.2, 0) is 9.47 Å². The van der Waals surface area contributed by atoms with Crippen molar-refractivity contribution in [3.63, 3.8) is 0 Å². The zero-order valence-corrected chi connectivity index (χ0v) is 13.5. The van der Waals surface area contributed by atoms with E-state index in [0.29, 0.717) is 0 Å². The van der Waals surface area contributed by atoms with Crippen LogP contribution in [0.3, 0.4) is 0 Å². The first-order valence-electron chi connectivity index (χ1n) is 7.68. The summed E-state index contributed by atoms with van der Waals surface area (Å²) in [6, 6.07) is 9.56. The SMILES string of the molecule is COC(=O)NN(C(=O)OC)C(c1ccccc1)N1CCCCC1. The van der Waals surface area contributed by atoms with Crippen LogP contribution >= 0.6 is 0 Å². The number of rotatable bonds is 3. The van der Waals surface area contributed by atoms with Gasteiger partial charge in [0.05, 0.1) is 14.2 Å². The van der Waals surface area contributed by atoms with Crippen LogP contribution in [0.5, 0.6) is 0 Å². The number of benzene rings is 1. The molecule has 0 spiro atoms. The number of hydrogen-bond acceptors (Lipinski definition) is 5. The summed E-state index contributed by atoms with van der Waals surface area (Å²) >= 11 is 0. The Hall–Kier alpha value is -2.28. The molecule has 1 heterocycles. The van der Waals surface area contributed by atoms with E-state index in [4.69, 9.17) is 4.74 Å². The first-order valence-corrected chi connectivity index (χ1v) is 7.68. The van der Waals surface area contributed by atoms with Gasteiger partial charge in [-0.05, 0) is 18.4 Å². The van der Waals surface area contributed by atoms with Crippen LogP contribution < -0.4 is 5.43 Å². The fourth-order valence-corrected chi connectivity index (χ4v) is 2.76. The maximum absolute atomic E-state index is 12.2. The first kappa shape index (κ1) is 17.1. The highest BCUT2D eigenvalue weighted by molar-refractivity contribution is 5.74. The number of hydrazine groups is 1. The third-order valence-electron chi connectivity index (χ3n) is 3.85. The quantitative estimate of drug-likeness (QED) is 0.866. The Balaban J connectivity index is 2.34. The molecular formula is C16H23N3O4. The van der Waals surface area contributed by atoms with E-state index in [9.17, 15) is 9.59 Å². The molecule has 1 atom stereocenters. The molecule has 2 rings (SSSR count). The number of carbonyl (C=O) groups is 2. The molecule has 1 aromatic carbocycles. The standard InChI is InChI=1S/C16H23N3O4/c1-22-15(20)17-19(16(21)23-2)14(13-9-5-3-6-10-13)18-11-7-4-8-12-18/h3,5-6,9-10,14H,4,7-8,11-12H2,1-2H3,(H,17,20). The van der Waals surface area contributed by atoms with Gasteiger partial charge in [0.2, 0.25) is 0 Å². The van der Waals surface area contributed by atoms with E-state index in [0.717, 1.165) is 31.5 Å². The molecule has 23 heavy (non-hydrogen) atoms. The van der Waals surface area contributed by atoms with Crippen molar-refractivity contribution in [2.24, 2.45) is 0 Å². The number of ether oxygens (including phenoxy) is 2. The van der Waals surface area contributed by atoms with Crippen molar-refractivity contribution >= 4 is 12.2 Å². The van der Waals surface area contributed by atoms with E-state index < -0.39 is 18.4 Å². The van der Waals surface area contributed by atoms with Gasteiger partial charge >= 0.3 is 12.2 Å². The van der Waals surface area contributed by atoms with Crippen LogP contribution in [0.15, 0.2) is 30.3 Å². The van der Waals surface area contributed by atoms with E-state index in [-0.39, 0.29) is 0 Å². The van der Waals surface area contributed by atoms with Crippen LogP contribution in [0.4, 0.5) is 9.59 Å². The Morgan fingerprint density at radius 3 is 2.30 bits per heavy atom. The molecule has 1 saturated heterocycles. The zero-order valence-electron chi connectivity index (χ0n) is 13.5. The Morgan fingerprint density at radius 1 is 1.09 bits per heavy atom. The van der Waals surface area contributed by atoms with Crippen LogP contribution in [0.2, 0.25) is 0 Å². The molecule has 1 unspecified atom stereocenters. The summed E-state index contributed by atoms with van der Waals surface area (Å²) in [4.78, 5) is 26.0. The van der Waals surface area contributed by atoms with Crippen molar-refractivity contribution in [1.82, 2.24) is 15.3 Å². The average Bonchev–Trinajstić information content (AvgIpc) is 2.62. The van der Waals surface area contributed by atoms with Crippen LogP contribution in [-0.4, -0.2) is 49.4 Å². The van der Waals surface area contributed by atoms with Gasteiger partial charge in [-0.25, -0.2) is 15.0 Å². The molecule has 0 bridgehead atoms. The highest BCUT2D eigenvalue weighted by Gasteiger charge is 2.33. The molecule has 1 aliphatic rings. The number of nitrogens with one attached hydrogen (secondary N) is 1. The second-order valence-corrected chi connectivity index (χ2v) is 5.32.